The monoisotopic (exact) mass is 306 g/mol. The predicted octanol–water partition coefficient (Wildman–Crippen LogP) is 2.18. The fourth-order valence-electron chi connectivity index (χ4n) is 4.28. The van der Waals surface area contributed by atoms with Gasteiger partial charge in [-0.2, -0.15) is 0 Å². The molecule has 2 fully saturated rings. The fraction of sp³-hybridized carbons (Fsp3) is 0.588. The zero-order chi connectivity index (χ0) is 15.7. The number of hydrogen-bond donors (Lipinski definition) is 2. The molecule has 1 amide bonds. The summed E-state index contributed by atoms with van der Waals surface area (Å²) in [5, 5.41) is 3.43. The van der Waals surface area contributed by atoms with Crippen molar-refractivity contribution in [1.82, 2.24) is 5.32 Å². The summed E-state index contributed by atoms with van der Waals surface area (Å²) in [7, 11) is 0. The molecule has 2 aliphatic rings. The number of carbonyl (C=O) groups excluding carboxylic acids is 1. The molecule has 0 aromatic heterocycles. The van der Waals surface area contributed by atoms with Gasteiger partial charge in [-0.1, -0.05) is 6.42 Å². The van der Waals surface area contributed by atoms with Crippen LogP contribution in [0, 0.1) is 17.7 Å². The van der Waals surface area contributed by atoms with E-state index in [2.05, 4.69) is 5.32 Å². The molecule has 4 nitrogen and oxygen atoms in total. The number of amides is 1. The summed E-state index contributed by atoms with van der Waals surface area (Å²) < 4.78 is 20.8. The molecule has 1 saturated heterocycles. The summed E-state index contributed by atoms with van der Waals surface area (Å²) in [6.07, 6.45) is 3.15. The maximum absolute atomic E-state index is 14.6. The van der Waals surface area contributed by atoms with Crippen LogP contribution in [-0.4, -0.2) is 25.6 Å². The highest BCUT2D eigenvalue weighted by Crippen LogP contribution is 2.50. The Morgan fingerprint density at radius 1 is 1.41 bits per heavy atom. The highest BCUT2D eigenvalue weighted by atomic mass is 19.1. The second kappa shape index (κ2) is 5.97. The van der Waals surface area contributed by atoms with Gasteiger partial charge in [-0.25, -0.2) is 4.39 Å². The van der Waals surface area contributed by atoms with Crippen LogP contribution >= 0.6 is 0 Å². The molecule has 1 aromatic carbocycles. The van der Waals surface area contributed by atoms with Gasteiger partial charge in [-0.3, -0.25) is 4.79 Å². The van der Waals surface area contributed by atoms with E-state index in [4.69, 9.17) is 10.5 Å². The first-order chi connectivity index (χ1) is 10.6. The van der Waals surface area contributed by atoms with Gasteiger partial charge in [-0.15, -0.1) is 0 Å². The molecule has 0 spiro atoms. The highest BCUT2D eigenvalue weighted by molar-refractivity contribution is 5.93. The fourth-order valence-corrected chi connectivity index (χ4v) is 4.28. The van der Waals surface area contributed by atoms with E-state index >= 15 is 0 Å². The smallest absolute Gasteiger partial charge is 0.248 e. The van der Waals surface area contributed by atoms with Crippen molar-refractivity contribution >= 4 is 5.91 Å². The quantitative estimate of drug-likeness (QED) is 0.896. The third-order valence-corrected chi connectivity index (χ3v) is 5.15. The molecule has 1 aliphatic carbocycles. The third kappa shape index (κ3) is 2.32. The largest absolute Gasteiger partial charge is 0.370 e. The van der Waals surface area contributed by atoms with E-state index < -0.39 is 11.5 Å². The van der Waals surface area contributed by atoms with Crippen LogP contribution in [0.2, 0.25) is 0 Å². The molecule has 2 bridgehead atoms. The average Bonchev–Trinajstić information content (AvgIpc) is 2.47. The summed E-state index contributed by atoms with van der Waals surface area (Å²) in [6.45, 7) is 4.09. The van der Waals surface area contributed by atoms with Crippen molar-refractivity contribution in [2.75, 3.05) is 19.7 Å². The number of ether oxygens (including phenoxy) is 1. The molecule has 3 N–H and O–H groups in total. The molecule has 5 heteroatoms. The van der Waals surface area contributed by atoms with E-state index in [0.717, 1.165) is 32.4 Å². The number of benzene rings is 1. The number of nitrogens with two attached hydrogens (primary N) is 1. The van der Waals surface area contributed by atoms with E-state index in [1.54, 1.807) is 6.07 Å². The molecule has 1 heterocycles. The molecule has 1 aliphatic heterocycles. The summed E-state index contributed by atoms with van der Waals surface area (Å²) in [6, 6.07) is 4.38. The zero-order valence-electron chi connectivity index (χ0n) is 12.9. The lowest BCUT2D eigenvalue weighted by molar-refractivity contribution is -0.163. The van der Waals surface area contributed by atoms with Crippen LogP contribution in [0.15, 0.2) is 18.2 Å². The van der Waals surface area contributed by atoms with Gasteiger partial charge in [0.1, 0.15) is 11.4 Å². The van der Waals surface area contributed by atoms with Crippen molar-refractivity contribution in [2.24, 2.45) is 17.6 Å². The molecular formula is C17H23FN2O2. The average molecular weight is 306 g/mol. The molecule has 22 heavy (non-hydrogen) atoms. The van der Waals surface area contributed by atoms with E-state index in [1.807, 2.05) is 6.92 Å². The standard InChI is InChI=1S/C17H23FN2O2/c1-2-22-17(12-4-3-5-13(17)10-20-9-12)14-8-11(16(19)21)6-7-15(14)18/h6-8,12-13,20H,2-5,9-10H2,1H3,(H2,19,21). The van der Waals surface area contributed by atoms with Crippen LogP contribution in [0.4, 0.5) is 4.39 Å². The number of nitrogens with one attached hydrogen (secondary N) is 1. The Morgan fingerprint density at radius 3 is 2.68 bits per heavy atom. The number of fused-ring (bicyclic) bond motifs is 2. The Labute approximate surface area is 130 Å². The summed E-state index contributed by atoms with van der Waals surface area (Å²) >= 11 is 0. The first kappa shape index (κ1) is 15.4. The van der Waals surface area contributed by atoms with Crippen molar-refractivity contribution in [2.45, 2.75) is 31.8 Å². The number of rotatable bonds is 4. The predicted molar refractivity (Wildman–Crippen MR) is 81.9 cm³/mol. The lowest BCUT2D eigenvalue weighted by atomic mass is 9.62. The van der Waals surface area contributed by atoms with Crippen molar-refractivity contribution < 1.29 is 13.9 Å². The van der Waals surface area contributed by atoms with E-state index in [-0.39, 0.29) is 17.7 Å². The molecule has 1 aromatic rings. The first-order valence-corrected chi connectivity index (χ1v) is 8.04. The van der Waals surface area contributed by atoms with Crippen LogP contribution in [0.25, 0.3) is 0 Å². The van der Waals surface area contributed by atoms with Crippen molar-refractivity contribution in [3.05, 3.63) is 35.1 Å². The van der Waals surface area contributed by atoms with Crippen LogP contribution in [-0.2, 0) is 10.3 Å². The summed E-state index contributed by atoms with van der Waals surface area (Å²) in [5.41, 5.74) is 5.58. The Kier molecular flexibility index (Phi) is 4.19. The second-order valence-electron chi connectivity index (χ2n) is 6.27. The van der Waals surface area contributed by atoms with Crippen molar-refractivity contribution in [3.8, 4) is 0 Å². The lowest BCUT2D eigenvalue weighted by Gasteiger charge is -2.53. The Hall–Kier alpha value is -1.46. The number of carbonyl (C=O) groups is 1. The van der Waals surface area contributed by atoms with Crippen LogP contribution in [0.5, 0.6) is 0 Å². The Bertz CT molecular complexity index is 554. The molecule has 0 radical (unpaired) electrons. The third-order valence-electron chi connectivity index (χ3n) is 5.15. The zero-order valence-corrected chi connectivity index (χ0v) is 12.9. The van der Waals surface area contributed by atoms with Gasteiger partial charge in [-0.05, 0) is 38.0 Å². The van der Waals surface area contributed by atoms with Gasteiger partial charge in [0.05, 0.1) is 0 Å². The van der Waals surface area contributed by atoms with Crippen molar-refractivity contribution in [1.29, 1.82) is 0 Å². The SMILES string of the molecule is CCOC1(c2cc(C(N)=O)ccc2F)C2CCCC1CNC2. The molecule has 2 atom stereocenters. The van der Waals surface area contributed by atoms with E-state index in [0.29, 0.717) is 17.7 Å². The minimum atomic E-state index is -0.645. The maximum Gasteiger partial charge on any atom is 0.248 e. The molecular weight excluding hydrogens is 283 g/mol. The van der Waals surface area contributed by atoms with Gasteiger partial charge in [0, 0.05) is 42.7 Å². The number of halogens is 1. The van der Waals surface area contributed by atoms with Crippen LogP contribution < -0.4 is 11.1 Å². The molecule has 1 saturated carbocycles. The molecule has 3 rings (SSSR count). The second-order valence-corrected chi connectivity index (χ2v) is 6.27. The van der Waals surface area contributed by atoms with Gasteiger partial charge in [0.15, 0.2) is 0 Å². The number of primary amides is 1. The normalized spacial score (nSPS) is 31.0. The molecule has 120 valence electrons. The topological polar surface area (TPSA) is 64.3 Å². The minimum absolute atomic E-state index is 0.220. The summed E-state index contributed by atoms with van der Waals surface area (Å²) in [4.78, 5) is 11.5. The highest BCUT2D eigenvalue weighted by Gasteiger charge is 2.53. The Balaban J connectivity index is 2.15. The van der Waals surface area contributed by atoms with Crippen LogP contribution in [0.3, 0.4) is 0 Å². The number of piperidine rings is 1. The van der Waals surface area contributed by atoms with Gasteiger partial charge >= 0.3 is 0 Å². The van der Waals surface area contributed by atoms with E-state index in [9.17, 15) is 9.18 Å². The first-order valence-electron chi connectivity index (χ1n) is 8.04. The van der Waals surface area contributed by atoms with E-state index in [1.165, 1.54) is 12.1 Å². The van der Waals surface area contributed by atoms with Gasteiger partial charge in [0.2, 0.25) is 5.91 Å². The molecule has 2 unspecified atom stereocenters. The van der Waals surface area contributed by atoms with Crippen LogP contribution in [0.1, 0.15) is 42.1 Å². The summed E-state index contributed by atoms with van der Waals surface area (Å²) in [5.74, 6) is -0.403. The minimum Gasteiger partial charge on any atom is -0.370 e. The Morgan fingerprint density at radius 2 is 2.09 bits per heavy atom. The van der Waals surface area contributed by atoms with Crippen molar-refractivity contribution in [3.63, 3.8) is 0 Å². The number of hydrogen-bond acceptors (Lipinski definition) is 3. The van der Waals surface area contributed by atoms with Gasteiger partial charge in [0.25, 0.3) is 0 Å². The lowest BCUT2D eigenvalue weighted by Crippen LogP contribution is -2.58. The van der Waals surface area contributed by atoms with Gasteiger partial charge < -0.3 is 15.8 Å². The maximum atomic E-state index is 14.6.